The van der Waals surface area contributed by atoms with Crippen LogP contribution in [-0.4, -0.2) is 13.4 Å². The van der Waals surface area contributed by atoms with Crippen LogP contribution in [0.15, 0.2) is 35.4 Å². The Morgan fingerprint density at radius 3 is 2.38 bits per heavy atom. The number of hydrogen-bond acceptors (Lipinski definition) is 5. The van der Waals surface area contributed by atoms with Crippen LogP contribution in [0.3, 0.4) is 0 Å². The van der Waals surface area contributed by atoms with Crippen LogP contribution in [0.25, 0.3) is 0 Å². The minimum absolute atomic E-state index is 0.0718. The maximum atomic E-state index is 12.2. The Hall–Kier alpha value is -1.25. The summed E-state index contributed by atoms with van der Waals surface area (Å²) in [5.41, 5.74) is 2.44. The van der Waals surface area contributed by atoms with Gasteiger partial charge in [0.25, 0.3) is 10.0 Å². The van der Waals surface area contributed by atoms with E-state index < -0.39 is 10.0 Å². The zero-order valence-corrected chi connectivity index (χ0v) is 13.4. The Kier molecular flexibility index (Phi) is 4.80. The van der Waals surface area contributed by atoms with E-state index in [4.69, 9.17) is 40.6 Å². The highest BCUT2D eigenvalue weighted by Gasteiger charge is 2.18. The van der Waals surface area contributed by atoms with Crippen LogP contribution in [-0.2, 0) is 10.0 Å². The van der Waals surface area contributed by atoms with Crippen molar-refractivity contribution in [2.24, 2.45) is 5.84 Å². The summed E-state index contributed by atoms with van der Waals surface area (Å²) in [6, 6.07) is 5.61. The van der Waals surface area contributed by atoms with Crippen molar-refractivity contribution in [3.05, 3.63) is 45.5 Å². The fraction of sp³-hybridized carbons (Fsp3) is 0. The Morgan fingerprint density at radius 2 is 1.81 bits per heavy atom. The first-order valence-corrected chi connectivity index (χ1v) is 8.05. The molecule has 112 valence electrons. The predicted molar refractivity (Wildman–Crippen MR) is 84.3 cm³/mol. The third-order valence-electron chi connectivity index (χ3n) is 2.44. The lowest BCUT2D eigenvalue weighted by Crippen LogP contribution is -2.15. The van der Waals surface area contributed by atoms with Crippen molar-refractivity contribution in [2.75, 3.05) is 10.1 Å². The zero-order chi connectivity index (χ0) is 15.6. The molecule has 0 radical (unpaired) electrons. The van der Waals surface area contributed by atoms with Crippen molar-refractivity contribution < 1.29 is 8.42 Å². The van der Waals surface area contributed by atoms with Crippen LogP contribution in [0.5, 0.6) is 0 Å². The Morgan fingerprint density at radius 1 is 1.10 bits per heavy atom. The lowest BCUT2D eigenvalue weighted by atomic mass is 10.3. The van der Waals surface area contributed by atoms with Gasteiger partial charge < -0.3 is 5.43 Å². The van der Waals surface area contributed by atoms with Gasteiger partial charge in [0, 0.05) is 11.2 Å². The Labute approximate surface area is 136 Å². The van der Waals surface area contributed by atoms with Gasteiger partial charge in [-0.3, -0.25) is 4.72 Å². The maximum absolute atomic E-state index is 12.2. The van der Waals surface area contributed by atoms with Crippen molar-refractivity contribution in [1.29, 1.82) is 0 Å². The summed E-state index contributed by atoms with van der Waals surface area (Å²) in [6.07, 6.45) is 1.12. The molecule has 0 spiro atoms. The van der Waals surface area contributed by atoms with E-state index in [9.17, 15) is 8.42 Å². The molecule has 0 aliphatic carbocycles. The van der Waals surface area contributed by atoms with E-state index in [1.165, 1.54) is 24.3 Å². The van der Waals surface area contributed by atoms with Gasteiger partial charge in [-0.2, -0.15) is 0 Å². The molecule has 0 atom stereocenters. The lowest BCUT2D eigenvalue weighted by molar-refractivity contribution is 0.601. The first-order valence-electron chi connectivity index (χ1n) is 5.43. The number of anilines is 2. The van der Waals surface area contributed by atoms with E-state index in [0.717, 1.165) is 6.20 Å². The van der Waals surface area contributed by atoms with Crippen molar-refractivity contribution >= 4 is 56.3 Å². The van der Waals surface area contributed by atoms with Crippen LogP contribution in [0, 0.1) is 0 Å². The Balaban J connectivity index is 2.36. The number of hydrogen-bond donors (Lipinski definition) is 3. The monoisotopic (exact) mass is 366 g/mol. The first kappa shape index (κ1) is 16.1. The van der Waals surface area contributed by atoms with Gasteiger partial charge in [0.05, 0.1) is 15.7 Å². The number of sulfonamides is 1. The number of nitrogens with zero attached hydrogens (tertiary/aromatic N) is 1. The largest absolute Gasteiger partial charge is 0.307 e. The predicted octanol–water partition coefficient (Wildman–Crippen LogP) is 3.13. The molecule has 1 heterocycles. The topological polar surface area (TPSA) is 97.1 Å². The van der Waals surface area contributed by atoms with Gasteiger partial charge in [-0.1, -0.05) is 34.8 Å². The molecule has 4 N–H and O–H groups in total. The highest BCUT2D eigenvalue weighted by Crippen LogP contribution is 2.28. The van der Waals surface area contributed by atoms with Crippen molar-refractivity contribution in [3.8, 4) is 0 Å². The SMILES string of the molecule is NNc1ncc(S(=O)(=O)Nc2ccc(Cl)cc2Cl)cc1Cl. The second kappa shape index (κ2) is 6.25. The number of aromatic nitrogens is 1. The highest BCUT2D eigenvalue weighted by atomic mass is 35.5. The van der Waals surface area contributed by atoms with Crippen LogP contribution in [0.1, 0.15) is 0 Å². The van der Waals surface area contributed by atoms with E-state index in [0.29, 0.717) is 5.02 Å². The average molecular weight is 368 g/mol. The lowest BCUT2D eigenvalue weighted by Gasteiger charge is -2.10. The van der Waals surface area contributed by atoms with E-state index in [2.05, 4.69) is 15.1 Å². The number of hydrazine groups is 1. The molecule has 1 aromatic carbocycles. The van der Waals surface area contributed by atoms with Gasteiger partial charge in [-0.15, -0.1) is 0 Å². The molecule has 10 heteroatoms. The molecular formula is C11H9Cl3N4O2S. The molecule has 0 saturated carbocycles. The fourth-order valence-electron chi connectivity index (χ4n) is 1.45. The summed E-state index contributed by atoms with van der Waals surface area (Å²) in [7, 11) is -3.89. The molecule has 0 bridgehead atoms. The van der Waals surface area contributed by atoms with Crippen LogP contribution in [0.2, 0.25) is 15.1 Å². The van der Waals surface area contributed by atoms with E-state index in [-0.39, 0.29) is 26.4 Å². The van der Waals surface area contributed by atoms with Gasteiger partial charge in [0.1, 0.15) is 4.90 Å². The molecule has 2 aromatic rings. The van der Waals surface area contributed by atoms with Crippen LogP contribution < -0.4 is 16.0 Å². The number of pyridine rings is 1. The van der Waals surface area contributed by atoms with Gasteiger partial charge in [0.15, 0.2) is 5.82 Å². The number of halogens is 3. The third kappa shape index (κ3) is 3.69. The third-order valence-corrected chi connectivity index (χ3v) is 4.61. The van der Waals surface area contributed by atoms with E-state index in [1.807, 2.05) is 0 Å². The number of benzene rings is 1. The maximum Gasteiger partial charge on any atom is 0.263 e. The van der Waals surface area contributed by atoms with Gasteiger partial charge in [-0.05, 0) is 24.3 Å². The fourth-order valence-corrected chi connectivity index (χ4v) is 3.30. The van der Waals surface area contributed by atoms with E-state index in [1.54, 1.807) is 0 Å². The zero-order valence-electron chi connectivity index (χ0n) is 10.3. The summed E-state index contributed by atoms with van der Waals surface area (Å²) < 4.78 is 26.8. The Bertz CT molecular complexity index is 783. The average Bonchev–Trinajstić information content (AvgIpc) is 2.42. The molecule has 0 aliphatic heterocycles. The molecule has 6 nitrogen and oxygen atoms in total. The van der Waals surface area contributed by atoms with Crippen molar-refractivity contribution in [1.82, 2.24) is 4.98 Å². The molecule has 0 unspecified atom stereocenters. The first-order chi connectivity index (χ1) is 9.83. The highest BCUT2D eigenvalue weighted by molar-refractivity contribution is 7.92. The molecular weight excluding hydrogens is 359 g/mol. The molecule has 0 saturated heterocycles. The summed E-state index contributed by atoms with van der Waals surface area (Å²) in [5.74, 6) is 5.34. The van der Waals surface area contributed by atoms with Gasteiger partial charge in [-0.25, -0.2) is 19.2 Å². The summed E-state index contributed by atoms with van der Waals surface area (Å²) in [6.45, 7) is 0. The van der Waals surface area contributed by atoms with Crippen LogP contribution >= 0.6 is 34.8 Å². The number of rotatable bonds is 4. The molecule has 21 heavy (non-hydrogen) atoms. The number of nitrogens with two attached hydrogens (primary N) is 1. The van der Waals surface area contributed by atoms with Crippen LogP contribution in [0.4, 0.5) is 11.5 Å². The second-order valence-electron chi connectivity index (χ2n) is 3.88. The van der Waals surface area contributed by atoms with Gasteiger partial charge in [0.2, 0.25) is 0 Å². The molecule has 2 rings (SSSR count). The van der Waals surface area contributed by atoms with Crippen molar-refractivity contribution in [2.45, 2.75) is 4.90 Å². The summed E-state index contributed by atoms with van der Waals surface area (Å²) in [5, 5.41) is 0.638. The summed E-state index contributed by atoms with van der Waals surface area (Å²) in [4.78, 5) is 3.67. The summed E-state index contributed by atoms with van der Waals surface area (Å²) >= 11 is 17.5. The number of nitrogen functional groups attached to an aromatic ring is 1. The normalized spacial score (nSPS) is 11.2. The van der Waals surface area contributed by atoms with Crippen molar-refractivity contribution in [3.63, 3.8) is 0 Å². The molecule has 0 amide bonds. The molecule has 1 aromatic heterocycles. The molecule has 0 fully saturated rings. The smallest absolute Gasteiger partial charge is 0.263 e. The second-order valence-corrected chi connectivity index (χ2v) is 6.81. The minimum Gasteiger partial charge on any atom is -0.307 e. The quantitative estimate of drug-likeness (QED) is 0.570. The minimum atomic E-state index is -3.89. The molecule has 0 aliphatic rings. The standard InChI is InChI=1S/C11H9Cl3N4O2S/c12-6-1-2-10(8(13)3-6)18-21(19,20)7-4-9(14)11(17-15)16-5-7/h1-5,18H,15H2,(H,16,17). The van der Waals surface area contributed by atoms with Gasteiger partial charge >= 0.3 is 0 Å². The van der Waals surface area contributed by atoms with E-state index >= 15 is 0 Å². The number of nitrogens with one attached hydrogen (secondary N) is 2.